The third-order valence-corrected chi connectivity index (χ3v) is 5.12. The molecular weight excluding hydrogens is 389 g/mol. The fourth-order valence-electron chi connectivity index (χ4n) is 3.16. The zero-order valence-corrected chi connectivity index (χ0v) is 16.3. The first-order chi connectivity index (χ1) is 12.8. The first-order valence-corrected chi connectivity index (χ1v) is 9.40. The van der Waals surface area contributed by atoms with E-state index in [0.29, 0.717) is 27.3 Å². The van der Waals surface area contributed by atoms with Crippen LogP contribution in [0.4, 0.5) is 17.1 Å². The first kappa shape index (κ1) is 19.5. The smallest absolute Gasteiger partial charge is 0.293 e. The Labute approximate surface area is 167 Å². The number of rotatable bonds is 4. The standard InChI is InChI=1S/C19H19Cl2N3O3/c1-12-4-6-23(7-5-12)17-3-2-13(8-18(17)24(26)27)19(25)22-16-10-14(20)9-15(21)11-16/h2-3,8-12H,4-7H2,1H3,(H,22,25). The summed E-state index contributed by atoms with van der Waals surface area (Å²) in [6, 6.07) is 9.23. The Balaban J connectivity index is 1.84. The molecule has 27 heavy (non-hydrogen) atoms. The molecule has 1 aliphatic heterocycles. The van der Waals surface area contributed by atoms with Crippen molar-refractivity contribution in [2.24, 2.45) is 5.92 Å². The molecule has 142 valence electrons. The van der Waals surface area contributed by atoms with Crippen LogP contribution in [0.3, 0.4) is 0 Å². The molecule has 6 nitrogen and oxygen atoms in total. The Hall–Kier alpha value is -2.31. The maximum atomic E-state index is 12.5. The van der Waals surface area contributed by atoms with E-state index in [0.717, 1.165) is 25.9 Å². The number of nitro benzene ring substituents is 1. The van der Waals surface area contributed by atoms with Crippen molar-refractivity contribution in [1.82, 2.24) is 0 Å². The molecular formula is C19H19Cl2N3O3. The number of hydrogen-bond donors (Lipinski definition) is 1. The van der Waals surface area contributed by atoms with Crippen molar-refractivity contribution in [3.8, 4) is 0 Å². The van der Waals surface area contributed by atoms with Gasteiger partial charge < -0.3 is 10.2 Å². The number of anilines is 2. The van der Waals surface area contributed by atoms with Gasteiger partial charge in [0.2, 0.25) is 0 Å². The molecule has 0 bridgehead atoms. The van der Waals surface area contributed by atoms with Gasteiger partial charge in [0.1, 0.15) is 5.69 Å². The Morgan fingerprint density at radius 1 is 1.15 bits per heavy atom. The lowest BCUT2D eigenvalue weighted by molar-refractivity contribution is -0.384. The number of piperidine rings is 1. The van der Waals surface area contributed by atoms with Gasteiger partial charge in [-0.2, -0.15) is 0 Å². The van der Waals surface area contributed by atoms with Crippen LogP contribution in [0.15, 0.2) is 36.4 Å². The number of hydrogen-bond acceptors (Lipinski definition) is 4. The Bertz CT molecular complexity index is 860. The molecule has 2 aromatic rings. The van der Waals surface area contributed by atoms with Gasteiger partial charge in [0.15, 0.2) is 0 Å². The lowest BCUT2D eigenvalue weighted by atomic mass is 9.98. The maximum absolute atomic E-state index is 12.5. The minimum Gasteiger partial charge on any atom is -0.366 e. The molecule has 0 unspecified atom stereocenters. The summed E-state index contributed by atoms with van der Waals surface area (Å²) in [7, 11) is 0. The van der Waals surface area contributed by atoms with E-state index < -0.39 is 10.8 Å². The first-order valence-electron chi connectivity index (χ1n) is 8.64. The van der Waals surface area contributed by atoms with Crippen molar-refractivity contribution in [3.05, 3.63) is 62.1 Å². The summed E-state index contributed by atoms with van der Waals surface area (Å²) < 4.78 is 0. The fraction of sp³-hybridized carbons (Fsp3) is 0.316. The lowest BCUT2D eigenvalue weighted by Gasteiger charge is -2.31. The van der Waals surface area contributed by atoms with Crippen molar-refractivity contribution in [2.45, 2.75) is 19.8 Å². The minimum atomic E-state index is -0.463. The number of nitro groups is 1. The second-order valence-electron chi connectivity index (χ2n) is 6.74. The van der Waals surface area contributed by atoms with Crippen LogP contribution < -0.4 is 10.2 Å². The summed E-state index contributed by atoms with van der Waals surface area (Å²) in [6.07, 6.45) is 1.99. The van der Waals surface area contributed by atoms with Crippen molar-refractivity contribution < 1.29 is 9.72 Å². The van der Waals surface area contributed by atoms with Crippen LogP contribution in [-0.4, -0.2) is 23.9 Å². The van der Waals surface area contributed by atoms with Crippen LogP contribution in [0, 0.1) is 16.0 Å². The van der Waals surface area contributed by atoms with E-state index in [4.69, 9.17) is 23.2 Å². The van der Waals surface area contributed by atoms with Gasteiger partial charge in [0, 0.05) is 40.5 Å². The predicted molar refractivity (Wildman–Crippen MR) is 108 cm³/mol. The number of carbonyl (C=O) groups is 1. The Morgan fingerprint density at radius 2 is 1.78 bits per heavy atom. The highest BCUT2D eigenvalue weighted by molar-refractivity contribution is 6.35. The normalized spacial score (nSPS) is 14.9. The van der Waals surface area contributed by atoms with E-state index in [2.05, 4.69) is 12.2 Å². The quantitative estimate of drug-likeness (QED) is 0.544. The third kappa shape index (κ3) is 4.70. The van der Waals surface area contributed by atoms with Gasteiger partial charge in [-0.15, -0.1) is 0 Å². The Kier molecular flexibility index (Phi) is 5.87. The number of halogens is 2. The second kappa shape index (κ2) is 8.15. The van der Waals surface area contributed by atoms with Gasteiger partial charge in [0.05, 0.1) is 4.92 Å². The molecule has 0 saturated carbocycles. The molecule has 0 atom stereocenters. The topological polar surface area (TPSA) is 75.5 Å². The molecule has 2 aromatic carbocycles. The van der Waals surface area contributed by atoms with Crippen molar-refractivity contribution in [1.29, 1.82) is 0 Å². The van der Waals surface area contributed by atoms with Gasteiger partial charge >= 0.3 is 0 Å². The molecule has 0 spiro atoms. The van der Waals surface area contributed by atoms with Gasteiger partial charge in [-0.3, -0.25) is 14.9 Å². The molecule has 8 heteroatoms. The van der Waals surface area contributed by atoms with Gasteiger partial charge in [-0.25, -0.2) is 0 Å². The molecule has 0 aromatic heterocycles. The van der Waals surface area contributed by atoms with Crippen LogP contribution in [0.2, 0.25) is 10.0 Å². The van der Waals surface area contributed by atoms with Gasteiger partial charge in [-0.05, 0) is 49.1 Å². The van der Waals surface area contributed by atoms with Gasteiger partial charge in [-0.1, -0.05) is 30.1 Å². The van der Waals surface area contributed by atoms with E-state index in [1.54, 1.807) is 30.3 Å². The molecule has 1 fully saturated rings. The molecule has 1 amide bonds. The van der Waals surface area contributed by atoms with Crippen molar-refractivity contribution in [2.75, 3.05) is 23.3 Å². The van der Waals surface area contributed by atoms with Crippen LogP contribution in [-0.2, 0) is 0 Å². The summed E-state index contributed by atoms with van der Waals surface area (Å²) in [5, 5.41) is 15.0. The van der Waals surface area contributed by atoms with E-state index in [-0.39, 0.29) is 11.3 Å². The average Bonchev–Trinajstić information content (AvgIpc) is 2.61. The average molecular weight is 408 g/mol. The predicted octanol–water partition coefficient (Wildman–Crippen LogP) is 5.39. The lowest BCUT2D eigenvalue weighted by Crippen LogP contribution is -2.33. The summed E-state index contributed by atoms with van der Waals surface area (Å²) in [5.74, 6) is 0.158. The fourth-order valence-corrected chi connectivity index (χ4v) is 3.68. The molecule has 1 heterocycles. The number of amides is 1. The van der Waals surface area contributed by atoms with Crippen molar-refractivity contribution >= 4 is 46.2 Å². The van der Waals surface area contributed by atoms with Crippen LogP contribution in [0.25, 0.3) is 0 Å². The van der Waals surface area contributed by atoms with Crippen molar-refractivity contribution in [3.63, 3.8) is 0 Å². The number of carbonyl (C=O) groups excluding carboxylic acids is 1. The van der Waals surface area contributed by atoms with E-state index >= 15 is 0 Å². The molecule has 0 radical (unpaired) electrons. The molecule has 1 N–H and O–H groups in total. The minimum absolute atomic E-state index is 0.0682. The zero-order chi connectivity index (χ0) is 19.6. The monoisotopic (exact) mass is 407 g/mol. The van der Waals surface area contributed by atoms with E-state index in [1.807, 2.05) is 4.90 Å². The largest absolute Gasteiger partial charge is 0.366 e. The number of nitrogens with one attached hydrogen (secondary N) is 1. The number of benzene rings is 2. The molecule has 0 aliphatic carbocycles. The zero-order valence-electron chi connectivity index (χ0n) is 14.7. The van der Waals surface area contributed by atoms with Crippen LogP contribution in [0.1, 0.15) is 30.1 Å². The summed E-state index contributed by atoms with van der Waals surface area (Å²) in [4.78, 5) is 25.6. The van der Waals surface area contributed by atoms with Gasteiger partial charge in [0.25, 0.3) is 11.6 Å². The summed E-state index contributed by atoms with van der Waals surface area (Å²) in [5.41, 5.74) is 1.11. The Morgan fingerprint density at radius 3 is 2.37 bits per heavy atom. The maximum Gasteiger partial charge on any atom is 0.293 e. The van der Waals surface area contributed by atoms with E-state index in [1.165, 1.54) is 6.07 Å². The molecule has 3 rings (SSSR count). The summed E-state index contributed by atoms with van der Waals surface area (Å²) >= 11 is 11.9. The van der Waals surface area contributed by atoms with E-state index in [9.17, 15) is 14.9 Å². The highest BCUT2D eigenvalue weighted by atomic mass is 35.5. The molecule has 1 aliphatic rings. The third-order valence-electron chi connectivity index (χ3n) is 4.68. The SMILES string of the molecule is CC1CCN(c2ccc(C(=O)Nc3cc(Cl)cc(Cl)c3)cc2[N+](=O)[O-])CC1. The van der Waals surface area contributed by atoms with Crippen LogP contribution >= 0.6 is 23.2 Å². The molecule has 1 saturated heterocycles. The second-order valence-corrected chi connectivity index (χ2v) is 7.62. The summed E-state index contributed by atoms with van der Waals surface area (Å²) in [6.45, 7) is 3.73. The highest BCUT2D eigenvalue weighted by Crippen LogP contribution is 2.32. The number of nitrogens with zero attached hydrogens (tertiary/aromatic N) is 2. The van der Waals surface area contributed by atoms with Crippen LogP contribution in [0.5, 0.6) is 0 Å². The highest BCUT2D eigenvalue weighted by Gasteiger charge is 2.24.